The van der Waals surface area contributed by atoms with Crippen molar-refractivity contribution in [2.24, 2.45) is 0 Å². The smallest absolute Gasteiger partial charge is 0.0281 e. The third kappa shape index (κ3) is 2.17. The van der Waals surface area contributed by atoms with Gasteiger partial charge >= 0.3 is 0 Å². The molecule has 0 rings (SSSR count). The maximum absolute atomic E-state index is 2.20. The molecule has 0 spiro atoms. The normalized spacial score (nSPS) is 11.0. The van der Waals surface area contributed by atoms with E-state index >= 15 is 0 Å². The quantitative estimate of drug-likeness (QED) is 0.306. The predicted molar refractivity (Wildman–Crippen MR) is 29.0 cm³/mol. The van der Waals surface area contributed by atoms with Gasteiger partial charge in [-0.15, -0.1) is 11.4 Å². The van der Waals surface area contributed by atoms with Gasteiger partial charge in [-0.1, -0.05) is 0 Å². The van der Waals surface area contributed by atoms with Gasteiger partial charge in [-0.25, -0.2) is 0 Å². The van der Waals surface area contributed by atoms with Crippen LogP contribution in [0, 0.1) is 0 Å². The van der Waals surface area contributed by atoms with Gasteiger partial charge < -0.3 is 0 Å². The van der Waals surface area contributed by atoms with Gasteiger partial charge in [0.05, 0.1) is 0 Å². The lowest BCUT2D eigenvalue weighted by Crippen LogP contribution is -1.47. The highest BCUT2D eigenvalue weighted by Gasteiger charge is 1.35. The first kappa shape index (κ1) is 4.17. The summed E-state index contributed by atoms with van der Waals surface area (Å²) in [7, 11) is 2.49. The average Bonchev–Trinajstić information content (AvgIpc) is 1.37. The summed E-state index contributed by atoms with van der Waals surface area (Å²) in [6.07, 6.45) is 0. The molecule has 0 bridgehead atoms. The lowest BCUT2D eigenvalue weighted by atomic mass is 11.2. The summed E-state index contributed by atoms with van der Waals surface area (Å²) < 4.78 is 0. The van der Waals surface area contributed by atoms with Crippen LogP contribution in [-0.4, -0.2) is 20.5 Å². The maximum Gasteiger partial charge on any atom is 0.0281 e. The maximum atomic E-state index is 2.20. The fourth-order valence-corrected chi connectivity index (χ4v) is 0. The second-order valence-corrected chi connectivity index (χ2v) is 2.00. The Morgan fingerprint density at radius 2 is 1.25 bits per heavy atom. The van der Waals surface area contributed by atoms with Crippen LogP contribution in [0.2, 0.25) is 0 Å². The Labute approximate surface area is 32.8 Å². The van der Waals surface area contributed by atoms with Crippen molar-refractivity contribution in [1.82, 2.24) is 0 Å². The van der Waals surface area contributed by atoms with Gasteiger partial charge in [0, 0.05) is 20.5 Å². The zero-order chi connectivity index (χ0) is 3.41. The molecule has 0 aliphatic heterocycles. The molecule has 0 aromatic heterocycles. The van der Waals surface area contributed by atoms with E-state index in [0.29, 0.717) is 0 Å². The highest BCUT2D eigenvalue weighted by molar-refractivity contribution is 6.25. The fourth-order valence-electron chi connectivity index (χ4n) is 0. The molecule has 0 nitrogen and oxygen atoms in total. The first-order chi connectivity index (χ1) is 1.91. The molecule has 0 N–H and O–H groups in total. The van der Waals surface area contributed by atoms with Crippen LogP contribution in [0.3, 0.4) is 0 Å². The van der Waals surface area contributed by atoms with Crippen LogP contribution < -0.4 is 0 Å². The van der Waals surface area contributed by atoms with Crippen molar-refractivity contribution in [3.8, 4) is 0 Å². The number of rotatable bonds is 0. The Hall–Kier alpha value is 0.174. The first-order valence-electron chi connectivity index (χ1n) is 1.49. The minimum absolute atomic E-state index is 1.24. The molecule has 0 heterocycles. The summed E-state index contributed by atoms with van der Waals surface area (Å²) in [4.78, 5) is 0. The van der Waals surface area contributed by atoms with E-state index in [-0.39, 0.29) is 0 Å². The van der Waals surface area contributed by atoms with Crippen LogP contribution in [-0.2, 0) is 0 Å². The van der Waals surface area contributed by atoms with Gasteiger partial charge in [0.2, 0.25) is 0 Å². The molecule has 2 heteroatoms. The molecule has 0 fully saturated rings. The van der Waals surface area contributed by atoms with Crippen molar-refractivity contribution in [3.05, 3.63) is 11.4 Å². The van der Waals surface area contributed by atoms with Crippen LogP contribution in [0.1, 0.15) is 0 Å². The monoisotopic (exact) mass is 88.0 g/mol. The molecule has 0 aromatic carbocycles. The summed E-state index contributed by atoms with van der Waals surface area (Å²) in [5.74, 6) is 0. The van der Waals surface area contributed by atoms with Crippen LogP contribution >= 0.6 is 0 Å². The predicted octanol–water partition coefficient (Wildman–Crippen LogP) is -1.81. The van der Waals surface area contributed by atoms with Crippen molar-refractivity contribution in [2.75, 3.05) is 0 Å². The Balaban J connectivity index is 2.55. The van der Waals surface area contributed by atoms with Crippen molar-refractivity contribution < 1.29 is 0 Å². The molecule has 0 aromatic rings. The molecule has 0 unspecified atom stereocenters. The minimum atomic E-state index is 1.24. The van der Waals surface area contributed by atoms with Crippen LogP contribution in [0.25, 0.3) is 0 Å². The topological polar surface area (TPSA) is 0 Å². The van der Waals surface area contributed by atoms with Crippen molar-refractivity contribution in [2.45, 2.75) is 0 Å². The number of hydrogen-bond donors (Lipinski definition) is 0. The highest BCUT2D eigenvalue weighted by atomic mass is 28.2. The molecule has 24 valence electrons. The van der Waals surface area contributed by atoms with Crippen LogP contribution in [0.5, 0.6) is 0 Å². The van der Waals surface area contributed by atoms with E-state index < -0.39 is 0 Å². The van der Waals surface area contributed by atoms with Crippen molar-refractivity contribution in [1.29, 1.82) is 0 Å². The van der Waals surface area contributed by atoms with E-state index in [0.717, 1.165) is 0 Å². The molecule has 0 aliphatic rings. The largest absolute Gasteiger partial charge is 0.114 e. The van der Waals surface area contributed by atoms with Crippen molar-refractivity contribution in [3.63, 3.8) is 0 Å². The molecule has 0 amide bonds. The summed E-state index contributed by atoms with van der Waals surface area (Å²) >= 11 is 0. The number of hydrogen-bond acceptors (Lipinski definition) is 0. The van der Waals surface area contributed by atoms with Crippen LogP contribution in [0.4, 0.5) is 0 Å². The van der Waals surface area contributed by atoms with Gasteiger partial charge in [-0.3, -0.25) is 0 Å². The lowest BCUT2D eigenvalue weighted by Gasteiger charge is -1.48. The van der Waals surface area contributed by atoms with E-state index in [9.17, 15) is 0 Å². The van der Waals surface area contributed by atoms with Crippen molar-refractivity contribution >= 4 is 20.5 Å². The third-order valence-electron chi connectivity index (χ3n) is 0.333. The lowest BCUT2D eigenvalue weighted by molar-refractivity contribution is 2.50. The fraction of sp³-hybridized carbons (Fsp3) is 0. The summed E-state index contributed by atoms with van der Waals surface area (Å²) in [6, 6.07) is 0. The minimum Gasteiger partial charge on any atom is -0.114 e. The van der Waals surface area contributed by atoms with Gasteiger partial charge in [-0.2, -0.15) is 0 Å². The molecule has 0 saturated carbocycles. The van der Waals surface area contributed by atoms with E-state index in [1.807, 2.05) is 0 Å². The SMILES string of the molecule is [SiH3]/C=C/[SiH3]. The molecule has 0 aliphatic carbocycles. The zero-order valence-electron chi connectivity index (χ0n) is 3.15. The molecular formula is C2H8Si2. The Morgan fingerprint density at radius 3 is 1.25 bits per heavy atom. The zero-order valence-corrected chi connectivity index (χ0v) is 7.15. The Kier molecular flexibility index (Phi) is 3.31. The standard InChI is InChI=1S/C2H8Si2/c3-1-2-4/h1-2H,3-4H3/b2-1+. The second kappa shape index (κ2) is 3.17. The van der Waals surface area contributed by atoms with Crippen LogP contribution in [0.15, 0.2) is 11.4 Å². The summed E-state index contributed by atoms with van der Waals surface area (Å²) in [5, 5.41) is 0. The molecular weight excluding hydrogens is 80.2 g/mol. The average molecular weight is 88.3 g/mol. The Bertz CT molecular complexity index is 19.2. The van der Waals surface area contributed by atoms with E-state index in [1.54, 1.807) is 0 Å². The Morgan fingerprint density at radius 1 is 1.00 bits per heavy atom. The van der Waals surface area contributed by atoms with E-state index in [2.05, 4.69) is 11.4 Å². The molecule has 0 atom stereocenters. The van der Waals surface area contributed by atoms with Gasteiger partial charge in [0.1, 0.15) is 0 Å². The van der Waals surface area contributed by atoms with Gasteiger partial charge in [0.15, 0.2) is 0 Å². The van der Waals surface area contributed by atoms with Gasteiger partial charge in [0.25, 0.3) is 0 Å². The van der Waals surface area contributed by atoms with E-state index in [1.165, 1.54) is 20.5 Å². The van der Waals surface area contributed by atoms with Gasteiger partial charge in [-0.05, 0) is 0 Å². The summed E-state index contributed by atoms with van der Waals surface area (Å²) in [6.45, 7) is 0. The second-order valence-electron chi connectivity index (χ2n) is 0.667. The van der Waals surface area contributed by atoms with E-state index in [4.69, 9.17) is 0 Å². The first-order valence-corrected chi connectivity index (χ1v) is 3.80. The molecule has 0 saturated heterocycles. The molecule has 0 radical (unpaired) electrons. The highest BCUT2D eigenvalue weighted by Crippen LogP contribution is 1.42. The third-order valence-corrected chi connectivity index (χ3v) is 3.00. The summed E-state index contributed by atoms with van der Waals surface area (Å²) in [5.41, 5.74) is 4.40. The molecule has 4 heavy (non-hydrogen) atoms.